The van der Waals surface area contributed by atoms with E-state index in [1.807, 2.05) is 24.3 Å². The molecule has 0 bridgehead atoms. The smallest absolute Gasteiger partial charge is 0.258 e. The lowest BCUT2D eigenvalue weighted by atomic mass is 10.1. The van der Waals surface area contributed by atoms with Gasteiger partial charge in [-0.1, -0.05) is 24.3 Å². The summed E-state index contributed by atoms with van der Waals surface area (Å²) in [4.78, 5) is 10.3. The number of nitro groups is 1. The molecule has 0 spiro atoms. The average molecular weight is 175 g/mol. The molecule has 0 unspecified atom stereocenters. The van der Waals surface area contributed by atoms with Crippen molar-refractivity contribution in [1.29, 1.82) is 0 Å². The van der Waals surface area contributed by atoms with Gasteiger partial charge in [-0.2, -0.15) is 0 Å². The van der Waals surface area contributed by atoms with Gasteiger partial charge >= 0.3 is 0 Å². The van der Waals surface area contributed by atoms with Crippen LogP contribution in [0.2, 0.25) is 0 Å². The summed E-state index contributed by atoms with van der Waals surface area (Å²) >= 11 is 0. The molecule has 3 heteroatoms. The van der Waals surface area contributed by atoms with Gasteiger partial charge in [-0.15, -0.1) is 0 Å². The van der Waals surface area contributed by atoms with Gasteiger partial charge in [0.1, 0.15) is 0 Å². The summed E-state index contributed by atoms with van der Waals surface area (Å²) in [6.07, 6.45) is 11.0. The molecule has 13 heavy (non-hydrogen) atoms. The van der Waals surface area contributed by atoms with Crippen molar-refractivity contribution in [3.63, 3.8) is 0 Å². The molecule has 0 aromatic carbocycles. The molecule has 3 nitrogen and oxygen atoms in total. The van der Waals surface area contributed by atoms with E-state index in [9.17, 15) is 10.1 Å². The molecule has 0 saturated carbocycles. The van der Waals surface area contributed by atoms with Gasteiger partial charge in [-0.05, 0) is 18.4 Å². The van der Waals surface area contributed by atoms with Crippen LogP contribution in [0.5, 0.6) is 0 Å². The largest absolute Gasteiger partial charge is 0.273 e. The summed E-state index contributed by atoms with van der Waals surface area (Å²) < 4.78 is 0. The highest BCUT2D eigenvalue weighted by molar-refractivity contribution is 5.50. The van der Waals surface area contributed by atoms with Crippen molar-refractivity contribution < 1.29 is 4.92 Å². The molecule has 0 aromatic heterocycles. The maximum Gasteiger partial charge on any atom is 0.273 e. The molecule has 0 fully saturated rings. The summed E-state index contributed by atoms with van der Waals surface area (Å²) in [5, 5.41) is 10.6. The maximum absolute atomic E-state index is 10.6. The molecule has 0 radical (unpaired) electrons. The lowest BCUT2D eigenvalue weighted by Crippen LogP contribution is -1.98. The number of nitrogens with zero attached hydrogens (tertiary/aromatic N) is 1. The zero-order chi connectivity index (χ0) is 9.26. The highest BCUT2D eigenvalue weighted by Gasteiger charge is 2.21. The Kier molecular flexibility index (Phi) is 1.85. The predicted octanol–water partition coefficient (Wildman–Crippen LogP) is 2.36. The maximum atomic E-state index is 10.6. The third-order valence-electron chi connectivity index (χ3n) is 2.22. The Balaban J connectivity index is 2.38. The monoisotopic (exact) mass is 175 g/mol. The molecule has 2 aliphatic rings. The quantitative estimate of drug-likeness (QED) is 0.477. The van der Waals surface area contributed by atoms with Crippen molar-refractivity contribution in [2.75, 3.05) is 0 Å². The molecule has 0 amide bonds. The van der Waals surface area contributed by atoms with Gasteiger partial charge in [-0.25, -0.2) is 0 Å². The van der Waals surface area contributed by atoms with Crippen molar-refractivity contribution in [2.24, 2.45) is 0 Å². The SMILES string of the molecule is O=[N+]([O-])C1=C(C2=CCC=C2)CC=C1. The van der Waals surface area contributed by atoms with Crippen LogP contribution in [0.3, 0.4) is 0 Å². The van der Waals surface area contributed by atoms with E-state index in [0.29, 0.717) is 6.42 Å². The number of hydrogen-bond donors (Lipinski definition) is 0. The minimum atomic E-state index is -0.314. The van der Waals surface area contributed by atoms with Crippen LogP contribution in [0.25, 0.3) is 0 Å². The van der Waals surface area contributed by atoms with Crippen LogP contribution in [0.4, 0.5) is 0 Å². The highest BCUT2D eigenvalue weighted by Crippen LogP contribution is 2.29. The first-order valence-electron chi connectivity index (χ1n) is 4.20. The van der Waals surface area contributed by atoms with E-state index in [4.69, 9.17) is 0 Å². The van der Waals surface area contributed by atoms with Crippen molar-refractivity contribution in [3.05, 3.63) is 57.3 Å². The molecule has 0 aliphatic heterocycles. The first kappa shape index (κ1) is 7.98. The van der Waals surface area contributed by atoms with Gasteiger partial charge in [0, 0.05) is 11.6 Å². The molecule has 0 heterocycles. The molecule has 0 saturated heterocycles. The summed E-state index contributed by atoms with van der Waals surface area (Å²) in [5.74, 6) is 0. The van der Waals surface area contributed by atoms with E-state index in [0.717, 1.165) is 17.6 Å². The fraction of sp³-hybridized carbons (Fsp3) is 0.200. The fourth-order valence-corrected chi connectivity index (χ4v) is 1.61. The molecular weight excluding hydrogens is 166 g/mol. The second-order valence-electron chi connectivity index (χ2n) is 3.02. The topological polar surface area (TPSA) is 43.1 Å². The van der Waals surface area contributed by atoms with E-state index >= 15 is 0 Å². The zero-order valence-electron chi connectivity index (χ0n) is 7.06. The van der Waals surface area contributed by atoms with Crippen LogP contribution in [0.1, 0.15) is 12.8 Å². The summed E-state index contributed by atoms with van der Waals surface area (Å²) in [5.41, 5.74) is 2.10. The van der Waals surface area contributed by atoms with Crippen molar-refractivity contribution in [2.45, 2.75) is 12.8 Å². The molecule has 2 aliphatic carbocycles. The second-order valence-corrected chi connectivity index (χ2v) is 3.02. The van der Waals surface area contributed by atoms with E-state index < -0.39 is 0 Å². The Morgan fingerprint density at radius 1 is 1.31 bits per heavy atom. The van der Waals surface area contributed by atoms with Crippen molar-refractivity contribution >= 4 is 0 Å². The van der Waals surface area contributed by atoms with Gasteiger partial charge in [0.25, 0.3) is 5.70 Å². The summed E-state index contributed by atoms with van der Waals surface area (Å²) in [6, 6.07) is 0. The summed E-state index contributed by atoms with van der Waals surface area (Å²) in [7, 11) is 0. The molecule has 2 rings (SSSR count). The minimum absolute atomic E-state index is 0.248. The molecule has 0 aromatic rings. The van der Waals surface area contributed by atoms with Crippen LogP contribution in [-0.4, -0.2) is 4.92 Å². The fourth-order valence-electron chi connectivity index (χ4n) is 1.61. The second kappa shape index (κ2) is 3.01. The van der Waals surface area contributed by atoms with E-state index in [1.165, 1.54) is 0 Å². The standard InChI is InChI=1S/C10H9NO2/c12-11(13)10-7-3-6-9(10)8-4-1-2-5-8/h1,3-5,7H,2,6H2. The van der Waals surface area contributed by atoms with E-state index in [-0.39, 0.29) is 10.6 Å². The predicted molar refractivity (Wildman–Crippen MR) is 49.6 cm³/mol. The van der Waals surface area contributed by atoms with Gasteiger partial charge in [0.15, 0.2) is 0 Å². The van der Waals surface area contributed by atoms with Crippen LogP contribution >= 0.6 is 0 Å². The van der Waals surface area contributed by atoms with Crippen LogP contribution in [-0.2, 0) is 0 Å². The number of hydrogen-bond acceptors (Lipinski definition) is 2. The molecule has 66 valence electrons. The third kappa shape index (κ3) is 1.33. The highest BCUT2D eigenvalue weighted by atomic mass is 16.6. The van der Waals surface area contributed by atoms with Gasteiger partial charge in [-0.3, -0.25) is 10.1 Å². The van der Waals surface area contributed by atoms with Gasteiger partial charge in [0.2, 0.25) is 0 Å². The lowest BCUT2D eigenvalue weighted by Gasteiger charge is -1.99. The first-order chi connectivity index (χ1) is 6.29. The van der Waals surface area contributed by atoms with Crippen LogP contribution in [0.15, 0.2) is 47.2 Å². The Labute approximate surface area is 75.9 Å². The van der Waals surface area contributed by atoms with Gasteiger partial charge < -0.3 is 0 Å². The average Bonchev–Trinajstić information content (AvgIpc) is 2.74. The van der Waals surface area contributed by atoms with Crippen LogP contribution in [0, 0.1) is 10.1 Å². The first-order valence-corrected chi connectivity index (χ1v) is 4.20. The Hall–Kier alpha value is -1.64. The molecule has 0 atom stereocenters. The molecular formula is C10H9NO2. The Morgan fingerprint density at radius 3 is 2.77 bits per heavy atom. The Bertz CT molecular complexity index is 372. The van der Waals surface area contributed by atoms with Gasteiger partial charge in [0.05, 0.1) is 4.92 Å². The normalized spacial score (nSPS) is 19.8. The lowest BCUT2D eigenvalue weighted by molar-refractivity contribution is -0.419. The van der Waals surface area contributed by atoms with Crippen molar-refractivity contribution in [3.8, 4) is 0 Å². The summed E-state index contributed by atoms with van der Waals surface area (Å²) in [6.45, 7) is 0. The number of rotatable bonds is 2. The minimum Gasteiger partial charge on any atom is -0.258 e. The van der Waals surface area contributed by atoms with E-state index in [1.54, 1.807) is 6.08 Å². The Morgan fingerprint density at radius 2 is 2.15 bits per heavy atom. The zero-order valence-corrected chi connectivity index (χ0v) is 7.06. The van der Waals surface area contributed by atoms with Crippen molar-refractivity contribution in [1.82, 2.24) is 0 Å². The third-order valence-corrected chi connectivity index (χ3v) is 2.22. The van der Waals surface area contributed by atoms with E-state index in [2.05, 4.69) is 0 Å². The molecule has 0 N–H and O–H groups in total. The number of allylic oxidation sites excluding steroid dienone is 7. The van der Waals surface area contributed by atoms with Crippen LogP contribution < -0.4 is 0 Å².